The third-order valence-corrected chi connectivity index (χ3v) is 5.10. The number of rotatable bonds is 3. The van der Waals surface area contributed by atoms with Gasteiger partial charge in [0.1, 0.15) is 10.6 Å². The number of aromatic hydroxyl groups is 1. The Kier molecular flexibility index (Phi) is 4.16. The summed E-state index contributed by atoms with van der Waals surface area (Å²) in [7, 11) is -3.81. The first-order valence-electron chi connectivity index (χ1n) is 6.30. The minimum Gasteiger partial charge on any atom is -0.507 e. The Morgan fingerprint density at radius 3 is 2.38 bits per heavy atom. The normalized spacial score (nSPS) is 11.4. The lowest BCUT2D eigenvalue weighted by Gasteiger charge is -2.13. The van der Waals surface area contributed by atoms with E-state index < -0.39 is 10.0 Å². The number of anilines is 1. The molecule has 0 fully saturated rings. The number of hydrogen-bond donors (Lipinski definition) is 2. The van der Waals surface area contributed by atoms with Gasteiger partial charge in [0, 0.05) is 5.56 Å². The molecule has 0 aromatic heterocycles. The Morgan fingerprint density at radius 1 is 1.10 bits per heavy atom. The molecule has 0 radical (unpaired) electrons. The van der Waals surface area contributed by atoms with Gasteiger partial charge in [0.05, 0.1) is 10.7 Å². The summed E-state index contributed by atoms with van der Waals surface area (Å²) in [6.07, 6.45) is 0. The van der Waals surface area contributed by atoms with Crippen LogP contribution in [0.25, 0.3) is 0 Å². The van der Waals surface area contributed by atoms with Crippen LogP contribution in [-0.4, -0.2) is 13.5 Å². The van der Waals surface area contributed by atoms with Crippen molar-refractivity contribution in [3.05, 3.63) is 52.0 Å². The van der Waals surface area contributed by atoms with Crippen LogP contribution in [0.4, 0.5) is 5.69 Å². The summed E-state index contributed by atoms with van der Waals surface area (Å²) in [5.41, 5.74) is 2.36. The molecule has 0 aliphatic carbocycles. The summed E-state index contributed by atoms with van der Waals surface area (Å²) in [4.78, 5) is 0.00855. The molecule has 0 aliphatic rings. The van der Waals surface area contributed by atoms with Crippen molar-refractivity contribution in [2.75, 3.05) is 4.72 Å². The van der Waals surface area contributed by atoms with Gasteiger partial charge in [-0.15, -0.1) is 0 Å². The molecule has 0 heterocycles. The standard InChI is InChI=1S/C15H16ClNO3S/c1-9-4-7-14(12(16)8-9)21(19,20)17-13-6-5-10(2)15(18)11(13)3/h4-8,17-18H,1-3H3. The second-order valence-corrected chi connectivity index (χ2v) is 7.00. The molecule has 0 aliphatic heterocycles. The van der Waals surface area contributed by atoms with Crippen LogP contribution in [0.15, 0.2) is 35.2 Å². The van der Waals surface area contributed by atoms with Crippen LogP contribution in [-0.2, 0) is 10.0 Å². The van der Waals surface area contributed by atoms with Crippen LogP contribution in [0.5, 0.6) is 5.75 Å². The Labute approximate surface area is 129 Å². The summed E-state index contributed by atoms with van der Waals surface area (Å²) in [6, 6.07) is 8.00. The Balaban J connectivity index is 2.45. The second kappa shape index (κ2) is 5.58. The maximum absolute atomic E-state index is 12.4. The molecule has 2 aromatic rings. The number of halogens is 1. The van der Waals surface area contributed by atoms with Gasteiger partial charge in [-0.2, -0.15) is 0 Å². The Bertz CT molecular complexity index is 801. The van der Waals surface area contributed by atoms with Gasteiger partial charge in [-0.25, -0.2) is 8.42 Å². The summed E-state index contributed by atoms with van der Waals surface area (Å²) in [6.45, 7) is 5.23. The fourth-order valence-electron chi connectivity index (χ4n) is 1.97. The molecule has 0 saturated heterocycles. The number of aryl methyl sites for hydroxylation is 2. The number of benzene rings is 2. The largest absolute Gasteiger partial charge is 0.507 e. The fourth-order valence-corrected chi connectivity index (χ4v) is 3.69. The van der Waals surface area contributed by atoms with Crippen LogP contribution in [0.2, 0.25) is 5.02 Å². The molecule has 0 spiro atoms. The van der Waals surface area contributed by atoms with E-state index in [0.717, 1.165) is 5.56 Å². The number of nitrogens with one attached hydrogen (secondary N) is 1. The highest BCUT2D eigenvalue weighted by Crippen LogP contribution is 2.31. The predicted molar refractivity (Wildman–Crippen MR) is 84.6 cm³/mol. The van der Waals surface area contributed by atoms with E-state index in [1.165, 1.54) is 6.07 Å². The van der Waals surface area contributed by atoms with E-state index in [1.807, 2.05) is 6.92 Å². The maximum Gasteiger partial charge on any atom is 0.263 e. The molecule has 6 heteroatoms. The van der Waals surface area contributed by atoms with Crippen LogP contribution in [0, 0.1) is 20.8 Å². The molecular formula is C15H16ClNO3S. The van der Waals surface area contributed by atoms with E-state index in [2.05, 4.69) is 4.72 Å². The van der Waals surface area contributed by atoms with E-state index in [-0.39, 0.29) is 15.7 Å². The van der Waals surface area contributed by atoms with Crippen molar-refractivity contribution in [1.29, 1.82) is 0 Å². The minimum atomic E-state index is -3.81. The fraction of sp³-hybridized carbons (Fsp3) is 0.200. The molecule has 2 rings (SSSR count). The van der Waals surface area contributed by atoms with Crippen LogP contribution >= 0.6 is 11.6 Å². The van der Waals surface area contributed by atoms with Crippen molar-refractivity contribution in [1.82, 2.24) is 0 Å². The zero-order valence-electron chi connectivity index (χ0n) is 11.9. The highest BCUT2D eigenvalue weighted by Gasteiger charge is 2.19. The highest BCUT2D eigenvalue weighted by molar-refractivity contribution is 7.92. The van der Waals surface area contributed by atoms with Gasteiger partial charge in [0.2, 0.25) is 0 Å². The minimum absolute atomic E-state index is 0.00855. The lowest BCUT2D eigenvalue weighted by molar-refractivity contribution is 0.467. The highest BCUT2D eigenvalue weighted by atomic mass is 35.5. The quantitative estimate of drug-likeness (QED) is 0.902. The van der Waals surface area contributed by atoms with E-state index in [0.29, 0.717) is 16.8 Å². The van der Waals surface area contributed by atoms with E-state index >= 15 is 0 Å². The van der Waals surface area contributed by atoms with Gasteiger partial charge < -0.3 is 5.11 Å². The number of phenols is 1. The van der Waals surface area contributed by atoms with Gasteiger partial charge in [-0.3, -0.25) is 4.72 Å². The summed E-state index contributed by atoms with van der Waals surface area (Å²) in [5, 5.41) is 10.0. The molecule has 0 amide bonds. The molecule has 0 atom stereocenters. The third-order valence-electron chi connectivity index (χ3n) is 3.25. The first-order chi connectivity index (χ1) is 9.72. The number of sulfonamides is 1. The smallest absolute Gasteiger partial charge is 0.263 e. The average Bonchev–Trinajstić information content (AvgIpc) is 2.39. The number of phenolic OH excluding ortho intramolecular Hbond substituents is 1. The molecule has 2 aromatic carbocycles. The van der Waals surface area contributed by atoms with Crippen molar-refractivity contribution >= 4 is 27.3 Å². The summed E-state index contributed by atoms with van der Waals surface area (Å²) >= 11 is 6.01. The van der Waals surface area contributed by atoms with Crippen LogP contribution in [0.3, 0.4) is 0 Å². The Morgan fingerprint density at radius 2 is 1.76 bits per heavy atom. The van der Waals surface area contributed by atoms with Crippen LogP contribution < -0.4 is 4.72 Å². The number of hydrogen-bond acceptors (Lipinski definition) is 3. The Hall–Kier alpha value is -1.72. The van der Waals surface area contributed by atoms with E-state index in [9.17, 15) is 13.5 Å². The van der Waals surface area contributed by atoms with Crippen molar-refractivity contribution < 1.29 is 13.5 Å². The summed E-state index contributed by atoms with van der Waals surface area (Å²) < 4.78 is 27.3. The van der Waals surface area contributed by atoms with E-state index in [4.69, 9.17) is 11.6 Å². The lowest BCUT2D eigenvalue weighted by atomic mass is 10.1. The first-order valence-corrected chi connectivity index (χ1v) is 8.16. The van der Waals surface area contributed by atoms with Crippen LogP contribution in [0.1, 0.15) is 16.7 Å². The van der Waals surface area contributed by atoms with Crippen molar-refractivity contribution in [3.8, 4) is 5.75 Å². The maximum atomic E-state index is 12.4. The van der Waals surface area contributed by atoms with Gasteiger partial charge >= 0.3 is 0 Å². The molecule has 0 unspecified atom stereocenters. The van der Waals surface area contributed by atoms with Gasteiger partial charge in [-0.1, -0.05) is 23.7 Å². The monoisotopic (exact) mass is 325 g/mol. The topological polar surface area (TPSA) is 66.4 Å². The molecule has 112 valence electrons. The average molecular weight is 326 g/mol. The van der Waals surface area contributed by atoms with Crippen molar-refractivity contribution in [3.63, 3.8) is 0 Å². The van der Waals surface area contributed by atoms with E-state index in [1.54, 1.807) is 38.1 Å². The molecular weight excluding hydrogens is 310 g/mol. The van der Waals surface area contributed by atoms with Gasteiger partial charge in [0.25, 0.3) is 10.0 Å². The molecule has 21 heavy (non-hydrogen) atoms. The zero-order valence-corrected chi connectivity index (χ0v) is 13.5. The lowest BCUT2D eigenvalue weighted by Crippen LogP contribution is -2.14. The van der Waals surface area contributed by atoms with Gasteiger partial charge in [-0.05, 0) is 50.1 Å². The molecule has 0 saturated carbocycles. The third kappa shape index (κ3) is 3.14. The SMILES string of the molecule is Cc1ccc(S(=O)(=O)Nc2ccc(C)c(O)c2C)c(Cl)c1. The zero-order chi connectivity index (χ0) is 15.8. The summed E-state index contributed by atoms with van der Waals surface area (Å²) in [5.74, 6) is 0.0743. The van der Waals surface area contributed by atoms with Crippen molar-refractivity contribution in [2.45, 2.75) is 25.7 Å². The second-order valence-electron chi connectivity index (χ2n) is 4.94. The predicted octanol–water partition coefficient (Wildman–Crippen LogP) is 3.77. The molecule has 0 bridgehead atoms. The van der Waals surface area contributed by atoms with Crippen molar-refractivity contribution in [2.24, 2.45) is 0 Å². The molecule has 4 nitrogen and oxygen atoms in total. The van der Waals surface area contributed by atoms with Gasteiger partial charge in [0.15, 0.2) is 0 Å². The first kappa shape index (κ1) is 15.7. The molecule has 2 N–H and O–H groups in total.